The monoisotopic (exact) mass is 310 g/mol. The molecule has 0 aromatic carbocycles. The van der Waals surface area contributed by atoms with Gasteiger partial charge in [0.25, 0.3) is 0 Å². The second-order valence-corrected chi connectivity index (χ2v) is 6.36. The third-order valence-corrected chi connectivity index (χ3v) is 4.55. The van der Waals surface area contributed by atoms with E-state index in [1.54, 1.807) is 0 Å². The van der Waals surface area contributed by atoms with Crippen LogP contribution < -0.4 is 0 Å². The summed E-state index contributed by atoms with van der Waals surface area (Å²) in [5.74, 6) is 0.101. The molecule has 0 aliphatic heterocycles. The zero-order valence-electron chi connectivity index (χ0n) is 13.8. The molecule has 1 fully saturated rings. The number of carbonyl (C=O) groups is 2. The lowest BCUT2D eigenvalue weighted by Crippen LogP contribution is -2.14. The highest BCUT2D eigenvalue weighted by atomic mass is 16.5. The van der Waals surface area contributed by atoms with E-state index in [1.807, 2.05) is 0 Å². The van der Waals surface area contributed by atoms with Gasteiger partial charge in [-0.25, -0.2) is 9.59 Å². The van der Waals surface area contributed by atoms with Crippen molar-refractivity contribution in [2.24, 2.45) is 11.8 Å². The van der Waals surface area contributed by atoms with Crippen LogP contribution in [0.1, 0.15) is 71.1 Å². The molecule has 22 heavy (non-hydrogen) atoms. The van der Waals surface area contributed by atoms with Gasteiger partial charge >= 0.3 is 11.9 Å². The number of unbranched alkanes of at least 4 members (excludes halogenated alkanes) is 2. The molecule has 1 N–H and O–H groups in total. The molecule has 0 saturated heterocycles. The number of esters is 1. The number of carboxylic acids is 1. The van der Waals surface area contributed by atoms with Gasteiger partial charge in [-0.15, -0.1) is 0 Å². The van der Waals surface area contributed by atoms with Crippen molar-refractivity contribution < 1.29 is 19.4 Å². The molecule has 0 spiro atoms. The molecule has 0 bridgehead atoms. The smallest absolute Gasteiger partial charge is 0.331 e. The Morgan fingerprint density at radius 1 is 1.00 bits per heavy atom. The number of carboxylic acid groups (broad SMARTS) is 1. The largest absolute Gasteiger partial charge is 0.478 e. The summed E-state index contributed by atoms with van der Waals surface area (Å²) in [5.41, 5.74) is 0. The van der Waals surface area contributed by atoms with E-state index >= 15 is 0 Å². The van der Waals surface area contributed by atoms with Gasteiger partial charge in [0.15, 0.2) is 0 Å². The molecule has 0 unspecified atom stereocenters. The molecule has 1 rings (SSSR count). The summed E-state index contributed by atoms with van der Waals surface area (Å²) in [7, 11) is 0. The molecule has 0 aromatic rings. The Kier molecular flexibility index (Phi) is 9.60. The van der Waals surface area contributed by atoms with Gasteiger partial charge in [0, 0.05) is 12.2 Å². The standard InChI is InChI=1S/C18H30O4/c1-2-3-6-15-8-10-16(11-9-15)7-4-5-14-22-18(21)13-12-17(19)20/h12-13,15-16H,2-11,14H2,1H3,(H,19,20)/b13-12+. The van der Waals surface area contributed by atoms with E-state index in [9.17, 15) is 9.59 Å². The summed E-state index contributed by atoms with van der Waals surface area (Å²) in [5, 5.41) is 8.39. The number of hydrogen-bond donors (Lipinski definition) is 1. The van der Waals surface area contributed by atoms with Crippen LogP contribution in [0.15, 0.2) is 12.2 Å². The minimum Gasteiger partial charge on any atom is -0.478 e. The van der Waals surface area contributed by atoms with E-state index in [0.29, 0.717) is 6.61 Å². The van der Waals surface area contributed by atoms with Gasteiger partial charge in [-0.05, 0) is 24.7 Å². The van der Waals surface area contributed by atoms with E-state index in [2.05, 4.69) is 6.92 Å². The van der Waals surface area contributed by atoms with E-state index in [4.69, 9.17) is 9.84 Å². The first kappa shape index (κ1) is 18.7. The Balaban J connectivity index is 2.00. The molecule has 126 valence electrons. The quantitative estimate of drug-likeness (QED) is 0.370. The van der Waals surface area contributed by atoms with Gasteiger partial charge in [-0.1, -0.05) is 58.3 Å². The fourth-order valence-electron chi connectivity index (χ4n) is 3.20. The molecule has 1 saturated carbocycles. The maximum atomic E-state index is 11.2. The van der Waals surface area contributed by atoms with Gasteiger partial charge in [0.2, 0.25) is 0 Å². The Hall–Kier alpha value is -1.32. The lowest BCUT2D eigenvalue weighted by Gasteiger charge is -2.28. The normalized spacial score (nSPS) is 21.9. The van der Waals surface area contributed by atoms with Crippen LogP contribution in [-0.2, 0) is 14.3 Å². The SMILES string of the molecule is CCCCC1CCC(CCCCOC(=O)/C=C/C(=O)O)CC1. The lowest BCUT2D eigenvalue weighted by atomic mass is 9.78. The zero-order valence-corrected chi connectivity index (χ0v) is 13.8. The fraction of sp³-hybridized carbons (Fsp3) is 0.778. The number of carbonyl (C=O) groups excluding carboxylic acids is 1. The molecule has 1 aliphatic carbocycles. The predicted octanol–water partition coefficient (Wildman–Crippen LogP) is 4.34. The topological polar surface area (TPSA) is 63.6 Å². The van der Waals surface area contributed by atoms with Crippen LogP contribution in [0.5, 0.6) is 0 Å². The first-order chi connectivity index (χ1) is 10.6. The van der Waals surface area contributed by atoms with E-state index in [-0.39, 0.29) is 0 Å². The maximum Gasteiger partial charge on any atom is 0.331 e. The van der Waals surface area contributed by atoms with Crippen LogP contribution in [0, 0.1) is 11.8 Å². The van der Waals surface area contributed by atoms with Crippen LogP contribution in [0.25, 0.3) is 0 Å². The first-order valence-electron chi connectivity index (χ1n) is 8.69. The van der Waals surface area contributed by atoms with Crippen molar-refractivity contribution in [1.82, 2.24) is 0 Å². The van der Waals surface area contributed by atoms with E-state index in [1.165, 1.54) is 51.4 Å². The number of ether oxygens (including phenoxy) is 1. The van der Waals surface area contributed by atoms with Crippen LogP contribution in [0.4, 0.5) is 0 Å². The van der Waals surface area contributed by atoms with Crippen molar-refractivity contribution in [3.05, 3.63) is 12.2 Å². The molecule has 4 nitrogen and oxygen atoms in total. The fourth-order valence-corrected chi connectivity index (χ4v) is 3.20. The summed E-state index contributed by atoms with van der Waals surface area (Å²) >= 11 is 0. The highest BCUT2D eigenvalue weighted by Gasteiger charge is 2.20. The molecule has 4 heteroatoms. The molecule has 0 radical (unpaired) electrons. The van der Waals surface area contributed by atoms with E-state index in [0.717, 1.165) is 36.8 Å². The first-order valence-corrected chi connectivity index (χ1v) is 8.69. The summed E-state index contributed by atoms with van der Waals surface area (Å²) in [6.07, 6.45) is 14.5. The Labute approximate surface area is 133 Å². The van der Waals surface area contributed by atoms with Gasteiger partial charge in [-0.3, -0.25) is 0 Å². The highest BCUT2D eigenvalue weighted by Crippen LogP contribution is 2.34. The minimum absolute atomic E-state index is 0.384. The molecule has 0 heterocycles. The minimum atomic E-state index is -1.13. The molecule has 0 atom stereocenters. The van der Waals surface area contributed by atoms with Gasteiger partial charge in [0.05, 0.1) is 6.61 Å². The van der Waals surface area contributed by atoms with Crippen molar-refractivity contribution >= 4 is 11.9 Å². The zero-order chi connectivity index (χ0) is 16.2. The van der Waals surface area contributed by atoms with Gasteiger partial charge in [-0.2, -0.15) is 0 Å². The average molecular weight is 310 g/mol. The lowest BCUT2D eigenvalue weighted by molar-refractivity contribution is -0.138. The Morgan fingerprint density at radius 3 is 2.14 bits per heavy atom. The maximum absolute atomic E-state index is 11.2. The van der Waals surface area contributed by atoms with Gasteiger partial charge in [0.1, 0.15) is 0 Å². The molecular formula is C18H30O4. The molecule has 1 aliphatic rings. The van der Waals surface area contributed by atoms with Crippen LogP contribution in [0.3, 0.4) is 0 Å². The van der Waals surface area contributed by atoms with E-state index < -0.39 is 11.9 Å². The summed E-state index contributed by atoms with van der Waals surface area (Å²) in [6, 6.07) is 0. The third kappa shape index (κ3) is 8.85. The predicted molar refractivity (Wildman–Crippen MR) is 86.6 cm³/mol. The number of hydrogen-bond acceptors (Lipinski definition) is 3. The molecular weight excluding hydrogens is 280 g/mol. The highest BCUT2D eigenvalue weighted by molar-refractivity contribution is 5.90. The van der Waals surface area contributed by atoms with Crippen molar-refractivity contribution in [3.63, 3.8) is 0 Å². The van der Waals surface area contributed by atoms with Crippen LogP contribution >= 0.6 is 0 Å². The number of rotatable bonds is 10. The average Bonchev–Trinajstić information content (AvgIpc) is 2.51. The molecule has 0 amide bonds. The van der Waals surface area contributed by atoms with Crippen molar-refractivity contribution in [3.8, 4) is 0 Å². The van der Waals surface area contributed by atoms with Crippen LogP contribution in [0.2, 0.25) is 0 Å². The second kappa shape index (κ2) is 11.3. The summed E-state index contributed by atoms with van der Waals surface area (Å²) in [6.45, 7) is 2.64. The third-order valence-electron chi connectivity index (χ3n) is 4.55. The Morgan fingerprint density at radius 2 is 1.59 bits per heavy atom. The summed E-state index contributed by atoms with van der Waals surface area (Å²) in [4.78, 5) is 21.4. The van der Waals surface area contributed by atoms with Crippen molar-refractivity contribution in [2.75, 3.05) is 6.61 Å². The molecule has 0 aromatic heterocycles. The van der Waals surface area contributed by atoms with Crippen molar-refractivity contribution in [2.45, 2.75) is 71.1 Å². The summed E-state index contributed by atoms with van der Waals surface area (Å²) < 4.78 is 4.95. The van der Waals surface area contributed by atoms with Crippen molar-refractivity contribution in [1.29, 1.82) is 0 Å². The second-order valence-electron chi connectivity index (χ2n) is 6.36. The number of aliphatic carboxylic acids is 1. The Bertz CT molecular complexity index is 354. The van der Waals surface area contributed by atoms with Gasteiger partial charge < -0.3 is 9.84 Å². The van der Waals surface area contributed by atoms with Crippen LogP contribution in [-0.4, -0.2) is 23.7 Å².